The number of ketones is 1. The molecule has 0 spiro atoms. The second-order valence-corrected chi connectivity index (χ2v) is 9.51. The Morgan fingerprint density at radius 3 is 2.59 bits per heavy atom. The zero-order valence-electron chi connectivity index (χ0n) is 19.3. The highest BCUT2D eigenvalue weighted by Gasteiger charge is 2.25. The van der Waals surface area contributed by atoms with Gasteiger partial charge < -0.3 is 9.84 Å². The Morgan fingerprint density at radius 1 is 1.15 bits per heavy atom. The number of halogens is 1. The lowest BCUT2D eigenvalue weighted by molar-refractivity contribution is 0.0987. The van der Waals surface area contributed by atoms with Crippen LogP contribution in [0.4, 0.5) is 4.39 Å². The number of ether oxygens (including phenoxy) is 1. The van der Waals surface area contributed by atoms with Crippen LogP contribution in [0.2, 0.25) is 0 Å². The van der Waals surface area contributed by atoms with Crippen molar-refractivity contribution in [2.45, 2.75) is 62.8 Å². The molecular formula is C26H30FN3O3S. The van der Waals surface area contributed by atoms with Crippen LogP contribution in [0.25, 0.3) is 11.4 Å². The van der Waals surface area contributed by atoms with Crippen molar-refractivity contribution in [2.24, 2.45) is 0 Å². The maximum absolute atomic E-state index is 14.5. The fourth-order valence-corrected chi connectivity index (χ4v) is 5.13. The van der Waals surface area contributed by atoms with Crippen LogP contribution in [-0.2, 0) is 0 Å². The maximum Gasteiger partial charge on any atom is 0.191 e. The SMILES string of the molecule is CCC(=O)c1ccc(OCC(O)CSc2nnc(-c3ccccc3F)n2C2CCCCC2)cc1. The number of nitrogens with zero attached hydrogens (tertiary/aromatic N) is 3. The number of carbonyl (C=O) groups excluding carboxylic acids is 1. The van der Waals surface area contributed by atoms with Gasteiger partial charge in [0.2, 0.25) is 0 Å². The third-order valence-electron chi connectivity index (χ3n) is 6.06. The predicted molar refractivity (Wildman–Crippen MR) is 131 cm³/mol. The summed E-state index contributed by atoms with van der Waals surface area (Å²) in [6, 6.07) is 13.8. The van der Waals surface area contributed by atoms with Crippen LogP contribution >= 0.6 is 11.8 Å². The average molecular weight is 484 g/mol. The summed E-state index contributed by atoms with van der Waals surface area (Å²) in [6.45, 7) is 1.95. The third kappa shape index (κ3) is 5.85. The van der Waals surface area contributed by atoms with Gasteiger partial charge in [0, 0.05) is 23.8 Å². The largest absolute Gasteiger partial charge is 0.491 e. The van der Waals surface area contributed by atoms with E-state index in [0.717, 1.165) is 25.7 Å². The molecule has 6 nitrogen and oxygen atoms in total. The molecule has 1 unspecified atom stereocenters. The second kappa shape index (κ2) is 11.6. The van der Waals surface area contributed by atoms with E-state index in [0.29, 0.717) is 40.0 Å². The first-order valence-electron chi connectivity index (χ1n) is 11.8. The van der Waals surface area contributed by atoms with E-state index in [1.807, 2.05) is 6.92 Å². The predicted octanol–water partition coefficient (Wildman–Crippen LogP) is 5.71. The van der Waals surface area contributed by atoms with Gasteiger partial charge in [-0.05, 0) is 49.2 Å². The maximum atomic E-state index is 14.5. The fraction of sp³-hybridized carbons (Fsp3) is 0.423. The minimum Gasteiger partial charge on any atom is -0.491 e. The number of thioether (sulfide) groups is 1. The average Bonchev–Trinajstić information content (AvgIpc) is 3.30. The summed E-state index contributed by atoms with van der Waals surface area (Å²) in [5.41, 5.74) is 1.10. The smallest absolute Gasteiger partial charge is 0.191 e. The molecule has 0 amide bonds. The topological polar surface area (TPSA) is 77.2 Å². The van der Waals surface area contributed by atoms with Gasteiger partial charge in [-0.1, -0.05) is 50.1 Å². The summed E-state index contributed by atoms with van der Waals surface area (Å²) in [5, 5.41) is 19.9. The first-order chi connectivity index (χ1) is 16.6. The third-order valence-corrected chi connectivity index (χ3v) is 7.15. The number of Topliss-reactive ketones (excluding diaryl/α,β-unsaturated/α-hetero) is 1. The lowest BCUT2D eigenvalue weighted by Gasteiger charge is -2.26. The van der Waals surface area contributed by atoms with Gasteiger partial charge in [0.1, 0.15) is 18.2 Å². The summed E-state index contributed by atoms with van der Waals surface area (Å²) in [5.74, 6) is 1.28. The highest BCUT2D eigenvalue weighted by atomic mass is 32.2. The quantitative estimate of drug-likeness (QED) is 0.294. The Balaban J connectivity index is 1.42. The minimum atomic E-state index is -0.727. The van der Waals surface area contributed by atoms with Crippen LogP contribution in [0.15, 0.2) is 53.7 Å². The molecule has 4 rings (SSSR count). The van der Waals surface area contributed by atoms with Crippen LogP contribution in [0.3, 0.4) is 0 Å². The molecule has 34 heavy (non-hydrogen) atoms. The molecular weight excluding hydrogens is 453 g/mol. The summed E-state index contributed by atoms with van der Waals surface area (Å²) in [7, 11) is 0. The van der Waals surface area contributed by atoms with E-state index in [-0.39, 0.29) is 24.2 Å². The molecule has 1 aliphatic carbocycles. The number of carbonyl (C=O) groups is 1. The Kier molecular flexibility index (Phi) is 8.34. The molecule has 0 bridgehead atoms. The molecule has 1 heterocycles. The molecule has 0 radical (unpaired) electrons. The zero-order valence-corrected chi connectivity index (χ0v) is 20.1. The first-order valence-corrected chi connectivity index (χ1v) is 12.8. The van der Waals surface area contributed by atoms with Crippen LogP contribution in [-0.4, -0.2) is 44.1 Å². The summed E-state index contributed by atoms with van der Waals surface area (Å²) < 4.78 is 22.3. The van der Waals surface area contributed by atoms with Crippen molar-refractivity contribution in [3.8, 4) is 17.1 Å². The van der Waals surface area contributed by atoms with Gasteiger partial charge in [-0.25, -0.2) is 4.39 Å². The molecule has 1 fully saturated rings. The van der Waals surface area contributed by atoms with E-state index in [4.69, 9.17) is 4.74 Å². The van der Waals surface area contributed by atoms with Crippen molar-refractivity contribution in [2.75, 3.05) is 12.4 Å². The Bertz CT molecular complexity index is 1100. The van der Waals surface area contributed by atoms with Gasteiger partial charge in [-0.15, -0.1) is 10.2 Å². The molecule has 1 saturated carbocycles. The minimum absolute atomic E-state index is 0.0832. The van der Waals surface area contributed by atoms with E-state index in [9.17, 15) is 14.3 Å². The highest BCUT2D eigenvalue weighted by molar-refractivity contribution is 7.99. The van der Waals surface area contributed by atoms with Crippen LogP contribution in [0, 0.1) is 5.82 Å². The van der Waals surface area contributed by atoms with Crippen LogP contribution in [0.1, 0.15) is 61.8 Å². The number of hydrogen-bond donors (Lipinski definition) is 1. The Labute approximate surface area is 203 Å². The zero-order chi connectivity index (χ0) is 23.9. The normalized spacial score (nSPS) is 15.3. The molecule has 1 atom stereocenters. The Hall–Kier alpha value is -2.71. The lowest BCUT2D eigenvalue weighted by Crippen LogP contribution is -2.21. The van der Waals surface area contributed by atoms with Crippen LogP contribution < -0.4 is 4.74 Å². The molecule has 2 aromatic carbocycles. The lowest BCUT2D eigenvalue weighted by atomic mass is 9.95. The van der Waals surface area contributed by atoms with Crippen molar-refractivity contribution in [3.05, 3.63) is 59.9 Å². The fourth-order valence-electron chi connectivity index (χ4n) is 4.22. The number of hydrogen-bond acceptors (Lipinski definition) is 6. The number of aliphatic hydroxyl groups is 1. The van der Waals surface area contributed by atoms with Crippen LogP contribution in [0.5, 0.6) is 5.75 Å². The molecule has 0 aliphatic heterocycles. The van der Waals surface area contributed by atoms with Crippen molar-refractivity contribution in [1.29, 1.82) is 0 Å². The van der Waals surface area contributed by atoms with Gasteiger partial charge in [-0.3, -0.25) is 9.36 Å². The number of aliphatic hydroxyl groups excluding tert-OH is 1. The van der Waals surface area contributed by atoms with E-state index >= 15 is 0 Å². The second-order valence-electron chi connectivity index (χ2n) is 8.52. The van der Waals surface area contributed by atoms with Crippen molar-refractivity contribution < 1.29 is 19.0 Å². The number of aromatic nitrogens is 3. The molecule has 0 saturated heterocycles. The number of benzene rings is 2. The molecule has 8 heteroatoms. The standard InChI is InChI=1S/C26H30FN3O3S/c1-2-24(32)18-12-14-21(15-13-18)33-16-20(31)17-34-26-29-28-25(22-10-6-7-11-23(22)27)30(26)19-8-4-3-5-9-19/h6-7,10-15,19-20,31H,2-5,8-9,16-17H2,1H3. The monoisotopic (exact) mass is 483 g/mol. The van der Waals surface area contributed by atoms with Crippen molar-refractivity contribution in [1.82, 2.24) is 14.8 Å². The molecule has 180 valence electrons. The van der Waals surface area contributed by atoms with Crippen molar-refractivity contribution in [3.63, 3.8) is 0 Å². The van der Waals surface area contributed by atoms with Gasteiger partial charge in [-0.2, -0.15) is 0 Å². The van der Waals surface area contributed by atoms with E-state index in [1.54, 1.807) is 42.5 Å². The van der Waals surface area contributed by atoms with Gasteiger partial charge >= 0.3 is 0 Å². The molecule has 1 aromatic heterocycles. The van der Waals surface area contributed by atoms with E-state index < -0.39 is 6.10 Å². The van der Waals surface area contributed by atoms with Gasteiger partial charge in [0.15, 0.2) is 16.8 Å². The summed E-state index contributed by atoms with van der Waals surface area (Å²) >= 11 is 1.41. The van der Waals surface area contributed by atoms with Crippen molar-refractivity contribution >= 4 is 17.5 Å². The summed E-state index contributed by atoms with van der Waals surface area (Å²) in [6.07, 6.45) is 5.21. The molecule has 3 aromatic rings. The van der Waals surface area contributed by atoms with Gasteiger partial charge in [0.25, 0.3) is 0 Å². The molecule has 1 N–H and O–H groups in total. The number of rotatable bonds is 10. The highest BCUT2D eigenvalue weighted by Crippen LogP contribution is 2.36. The first kappa shape index (κ1) is 24.4. The van der Waals surface area contributed by atoms with E-state index in [1.165, 1.54) is 24.2 Å². The van der Waals surface area contributed by atoms with Gasteiger partial charge in [0.05, 0.1) is 11.7 Å². The van der Waals surface area contributed by atoms with E-state index in [2.05, 4.69) is 14.8 Å². The summed E-state index contributed by atoms with van der Waals surface area (Å²) in [4.78, 5) is 11.7. The molecule has 1 aliphatic rings. The Morgan fingerprint density at radius 2 is 1.88 bits per heavy atom.